The maximum atomic E-state index is 13.2. The topological polar surface area (TPSA) is 65.5 Å². The highest BCUT2D eigenvalue weighted by molar-refractivity contribution is 7.18. The lowest BCUT2D eigenvalue weighted by Crippen LogP contribution is -2.31. The average molecular weight is 548 g/mol. The van der Waals surface area contributed by atoms with E-state index < -0.39 is 12.0 Å². The summed E-state index contributed by atoms with van der Waals surface area (Å²) in [7, 11) is 2.74. The van der Waals surface area contributed by atoms with Crippen molar-refractivity contribution in [2.24, 2.45) is 5.92 Å². The number of esters is 1. The van der Waals surface area contributed by atoms with Gasteiger partial charge in [-0.3, -0.25) is 4.98 Å². The van der Waals surface area contributed by atoms with Gasteiger partial charge in [0.05, 0.1) is 12.7 Å². The molecule has 2 unspecified atom stereocenters. The third-order valence-electron chi connectivity index (χ3n) is 3.77. The van der Waals surface area contributed by atoms with Crippen LogP contribution in [0.15, 0.2) is 36.5 Å². The predicted molar refractivity (Wildman–Crippen MR) is 149 cm³/mol. The van der Waals surface area contributed by atoms with Crippen LogP contribution in [0.3, 0.4) is 0 Å². The van der Waals surface area contributed by atoms with E-state index in [1.165, 1.54) is 35.5 Å². The molecule has 212 valence electrons. The third kappa shape index (κ3) is 20.3. The number of aldehydes is 1. The Balaban J connectivity index is -0.000000483. The Labute approximate surface area is 223 Å². The van der Waals surface area contributed by atoms with Gasteiger partial charge in [0.15, 0.2) is 0 Å². The van der Waals surface area contributed by atoms with Crippen LogP contribution in [0.1, 0.15) is 82.1 Å². The number of carbonyl (C=O) groups excluding carboxylic acids is 2. The molecule has 0 aliphatic heterocycles. The fraction of sp³-hybridized carbons (Fsp3) is 0.536. The van der Waals surface area contributed by atoms with Gasteiger partial charge >= 0.3 is 18.0 Å². The Morgan fingerprint density at radius 2 is 1.68 bits per heavy atom. The minimum absolute atomic E-state index is 0.115. The van der Waals surface area contributed by atoms with Gasteiger partial charge in [-0.25, -0.2) is 13.6 Å². The number of benzene rings is 1. The number of pyridine rings is 1. The number of aromatic nitrogens is 1. The quantitative estimate of drug-likeness (QED) is 0.207. The lowest BCUT2D eigenvalue weighted by Gasteiger charge is -2.21. The molecule has 0 amide bonds. The highest BCUT2D eigenvalue weighted by atomic mass is 31.0. The van der Waals surface area contributed by atoms with E-state index >= 15 is 0 Å². The first-order chi connectivity index (χ1) is 17.2. The number of ether oxygens (including phenoxy) is 2. The number of methoxy groups -OCH3 is 1. The van der Waals surface area contributed by atoms with Gasteiger partial charge in [0.25, 0.3) is 0 Å². The molecule has 0 spiro atoms. The molecule has 2 aromatic rings. The van der Waals surface area contributed by atoms with E-state index in [1.54, 1.807) is 18.2 Å². The van der Waals surface area contributed by atoms with Gasteiger partial charge in [0.2, 0.25) is 0 Å². The lowest BCUT2D eigenvalue weighted by molar-refractivity contribution is -0.106. The van der Waals surface area contributed by atoms with Crippen molar-refractivity contribution in [1.29, 1.82) is 0 Å². The number of halogens is 3. The number of nitrogens with zero attached hydrogens (tertiary/aromatic N) is 1. The molecule has 0 radical (unpaired) electrons. The van der Waals surface area contributed by atoms with Crippen molar-refractivity contribution in [2.75, 3.05) is 7.11 Å². The number of hydrogen-bond acceptors (Lipinski definition) is 5. The van der Waals surface area contributed by atoms with Crippen molar-refractivity contribution >= 4 is 21.5 Å². The van der Waals surface area contributed by atoms with Crippen LogP contribution in [0.5, 0.6) is 5.75 Å². The van der Waals surface area contributed by atoms with Crippen molar-refractivity contribution in [3.8, 4) is 5.75 Å². The van der Waals surface area contributed by atoms with Crippen molar-refractivity contribution in [3.05, 3.63) is 58.9 Å². The fourth-order valence-corrected chi connectivity index (χ4v) is 2.29. The second-order valence-corrected chi connectivity index (χ2v) is 8.87. The third-order valence-corrected chi connectivity index (χ3v) is 4.14. The molecule has 0 N–H and O–H groups in total. The Hall–Kier alpha value is -2.47. The van der Waals surface area contributed by atoms with E-state index in [9.17, 15) is 18.0 Å². The van der Waals surface area contributed by atoms with Gasteiger partial charge in [-0.15, -0.1) is 0 Å². The molecule has 0 saturated heterocycles. The number of alkyl halides is 3. The number of aryl methyl sites for hydroxylation is 3. The summed E-state index contributed by atoms with van der Waals surface area (Å²) in [5.74, 6) is 0.606. The molecule has 0 aliphatic carbocycles. The van der Waals surface area contributed by atoms with Crippen LogP contribution in [0.2, 0.25) is 0 Å². The largest absolute Gasteiger partial charge is 0.465 e. The Kier molecular flexibility index (Phi) is 24.0. The van der Waals surface area contributed by atoms with Crippen molar-refractivity contribution < 1.29 is 32.2 Å². The zero-order chi connectivity index (χ0) is 29.6. The standard InChI is InChI=1S/C11H14F3OP.C9H11NO2.C4H10.C2H4O.C2H6/c1-2-4-8-5-3-6-9(7-8)15-11(14,16)10(12)13;1-6-4-8(9(11)12-3)5-10-7(6)2;1-4(2)3;1-2-3;1-2/h3,5-7,10H,2,4,16H2,1H3;4-5H,1-3H3;4H,1-3H3;2H,1H3;1-2H3. The first-order valence-electron chi connectivity index (χ1n) is 12.2. The molecule has 0 fully saturated rings. The van der Waals surface area contributed by atoms with Gasteiger partial charge in [-0.1, -0.05) is 60.1 Å². The highest BCUT2D eigenvalue weighted by Gasteiger charge is 2.37. The molecule has 5 nitrogen and oxygen atoms in total. The van der Waals surface area contributed by atoms with E-state index in [2.05, 4.69) is 35.2 Å². The molecule has 1 aromatic carbocycles. The summed E-state index contributed by atoms with van der Waals surface area (Å²) in [5.41, 5.74) is 0.349. The summed E-state index contributed by atoms with van der Waals surface area (Å²) >= 11 is 0. The molecule has 37 heavy (non-hydrogen) atoms. The lowest BCUT2D eigenvalue weighted by atomic mass is 10.1. The Morgan fingerprint density at radius 3 is 2.08 bits per heavy atom. The van der Waals surface area contributed by atoms with Crippen LogP contribution in [0, 0.1) is 19.8 Å². The summed E-state index contributed by atoms with van der Waals surface area (Å²) in [6.45, 7) is 17.8. The molecular formula is C28H45F3NO4P. The summed E-state index contributed by atoms with van der Waals surface area (Å²) < 4.78 is 46.8. The number of rotatable bonds is 6. The van der Waals surface area contributed by atoms with Gasteiger partial charge < -0.3 is 14.3 Å². The van der Waals surface area contributed by atoms with E-state index in [1.807, 2.05) is 40.7 Å². The second kappa shape index (κ2) is 22.7. The fourth-order valence-electron chi connectivity index (χ4n) is 2.15. The summed E-state index contributed by atoms with van der Waals surface area (Å²) in [5, 5.41) is 0. The van der Waals surface area contributed by atoms with Crippen molar-refractivity contribution in [1.82, 2.24) is 4.98 Å². The van der Waals surface area contributed by atoms with Gasteiger partial charge in [-0.05, 0) is 71.7 Å². The van der Waals surface area contributed by atoms with Crippen LogP contribution in [0.25, 0.3) is 0 Å². The maximum Gasteiger partial charge on any atom is 0.339 e. The molecule has 0 bridgehead atoms. The molecule has 0 aliphatic rings. The normalized spacial score (nSPS) is 11.0. The first-order valence-corrected chi connectivity index (χ1v) is 12.8. The molecular weight excluding hydrogens is 502 g/mol. The minimum Gasteiger partial charge on any atom is -0.465 e. The molecule has 1 heterocycles. The molecule has 2 rings (SSSR count). The van der Waals surface area contributed by atoms with Gasteiger partial charge in [-0.2, -0.15) is 4.39 Å². The van der Waals surface area contributed by atoms with Crippen LogP contribution in [-0.2, 0) is 16.0 Å². The van der Waals surface area contributed by atoms with Crippen LogP contribution in [-0.4, -0.2) is 36.4 Å². The zero-order valence-electron chi connectivity index (χ0n) is 23.9. The monoisotopic (exact) mass is 547 g/mol. The second-order valence-electron chi connectivity index (χ2n) is 8.08. The van der Waals surface area contributed by atoms with Gasteiger partial charge in [0.1, 0.15) is 12.0 Å². The average Bonchev–Trinajstić information content (AvgIpc) is 2.82. The molecule has 0 saturated carbocycles. The molecule has 9 heteroatoms. The molecule has 1 aromatic heterocycles. The predicted octanol–water partition coefficient (Wildman–Crippen LogP) is 8.16. The van der Waals surface area contributed by atoms with E-state index in [-0.39, 0.29) is 11.7 Å². The highest BCUT2D eigenvalue weighted by Crippen LogP contribution is 2.32. The first kappa shape index (κ1) is 39.0. The van der Waals surface area contributed by atoms with Gasteiger partial charge in [0, 0.05) is 11.9 Å². The minimum atomic E-state index is -3.20. The Morgan fingerprint density at radius 1 is 1.16 bits per heavy atom. The summed E-state index contributed by atoms with van der Waals surface area (Å²) in [6, 6.07) is 8.31. The SMILES string of the molecule is CC.CC(C)C.CC=O.CCCc1cccc(OC(F)(P)C(F)F)c1.COC(=O)c1cnc(C)c(C)c1. The van der Waals surface area contributed by atoms with E-state index in [4.69, 9.17) is 4.79 Å². The molecule has 2 atom stereocenters. The van der Waals surface area contributed by atoms with Crippen LogP contribution in [0.4, 0.5) is 13.2 Å². The van der Waals surface area contributed by atoms with E-state index in [0.717, 1.165) is 41.9 Å². The number of hydrogen-bond donors (Lipinski definition) is 0. The van der Waals surface area contributed by atoms with Crippen LogP contribution >= 0.6 is 9.24 Å². The van der Waals surface area contributed by atoms with Crippen molar-refractivity contribution in [2.45, 2.75) is 87.2 Å². The summed E-state index contributed by atoms with van der Waals surface area (Å²) in [6.07, 6.45) is 0.809. The maximum absolute atomic E-state index is 13.2. The van der Waals surface area contributed by atoms with E-state index in [0.29, 0.717) is 5.56 Å². The zero-order valence-corrected chi connectivity index (χ0v) is 25.1. The smallest absolute Gasteiger partial charge is 0.339 e. The van der Waals surface area contributed by atoms with Crippen molar-refractivity contribution in [3.63, 3.8) is 0 Å². The Bertz CT molecular complexity index is 876. The number of carbonyl (C=O) groups is 2. The summed E-state index contributed by atoms with van der Waals surface area (Å²) in [4.78, 5) is 23.9. The van der Waals surface area contributed by atoms with Crippen LogP contribution < -0.4 is 4.74 Å².